The van der Waals surface area contributed by atoms with Crippen LogP contribution in [0.3, 0.4) is 0 Å². The van der Waals surface area contributed by atoms with Crippen molar-refractivity contribution < 1.29 is 9.90 Å². The lowest BCUT2D eigenvalue weighted by atomic mass is 10.0. The number of nitrogens with one attached hydrogen (secondary N) is 2. The minimum Gasteiger partial charge on any atom is -0.391 e. The van der Waals surface area contributed by atoms with Crippen molar-refractivity contribution in [2.75, 3.05) is 18.4 Å². The minimum absolute atomic E-state index is 0.201. The van der Waals surface area contributed by atoms with E-state index in [0.717, 1.165) is 12.8 Å². The Kier molecular flexibility index (Phi) is 5.59. The van der Waals surface area contributed by atoms with Crippen LogP contribution in [0.25, 0.3) is 0 Å². The molecule has 21 heavy (non-hydrogen) atoms. The molecular weight excluding hydrogens is 266 g/mol. The molecule has 1 saturated carbocycles. The van der Waals surface area contributed by atoms with Gasteiger partial charge in [0, 0.05) is 12.7 Å². The van der Waals surface area contributed by atoms with Gasteiger partial charge < -0.3 is 15.7 Å². The van der Waals surface area contributed by atoms with Gasteiger partial charge in [-0.05, 0) is 30.9 Å². The number of aliphatic hydroxyl groups is 1. The van der Waals surface area contributed by atoms with Crippen LogP contribution < -0.4 is 10.6 Å². The summed E-state index contributed by atoms with van der Waals surface area (Å²) < 4.78 is 0. The van der Waals surface area contributed by atoms with Gasteiger partial charge in [0.25, 0.3) is 5.91 Å². The molecule has 1 aromatic heterocycles. The fourth-order valence-electron chi connectivity index (χ4n) is 2.58. The lowest BCUT2D eigenvalue weighted by molar-refractivity contribution is 0.0958. The first kappa shape index (κ1) is 15.3. The highest BCUT2D eigenvalue weighted by Gasteiger charge is 2.22. The molecule has 0 aromatic carbocycles. The highest BCUT2D eigenvalue weighted by Crippen LogP contribution is 2.27. The third kappa shape index (κ3) is 4.47. The maximum Gasteiger partial charge on any atom is 0.253 e. The molecular formula is C16H21N3O2. The van der Waals surface area contributed by atoms with Gasteiger partial charge in [0.15, 0.2) is 0 Å². The summed E-state index contributed by atoms with van der Waals surface area (Å²) in [7, 11) is 0. The van der Waals surface area contributed by atoms with E-state index >= 15 is 0 Å². The number of aliphatic hydroxyl groups excluding tert-OH is 1. The Morgan fingerprint density at radius 1 is 1.48 bits per heavy atom. The summed E-state index contributed by atoms with van der Waals surface area (Å²) in [6.45, 7) is 0.687. The summed E-state index contributed by atoms with van der Waals surface area (Å²) in [5.74, 6) is 3.16. The van der Waals surface area contributed by atoms with E-state index in [4.69, 9.17) is 6.42 Å². The van der Waals surface area contributed by atoms with Crippen LogP contribution in [-0.4, -0.2) is 35.2 Å². The van der Waals surface area contributed by atoms with E-state index in [1.807, 2.05) is 0 Å². The predicted octanol–water partition coefficient (Wildman–Crippen LogP) is 1.41. The van der Waals surface area contributed by atoms with Crippen molar-refractivity contribution in [1.29, 1.82) is 0 Å². The fraction of sp³-hybridized carbons (Fsp3) is 0.500. The number of hydrogen-bond donors (Lipinski definition) is 3. The quantitative estimate of drug-likeness (QED) is 0.692. The van der Waals surface area contributed by atoms with Crippen molar-refractivity contribution in [3.05, 3.63) is 23.9 Å². The molecule has 1 amide bonds. The second-order valence-electron chi connectivity index (χ2n) is 5.31. The summed E-state index contributed by atoms with van der Waals surface area (Å²) in [6, 6.07) is 3.41. The molecule has 2 rings (SSSR count). The highest BCUT2D eigenvalue weighted by molar-refractivity contribution is 5.94. The highest BCUT2D eigenvalue weighted by atomic mass is 16.3. The van der Waals surface area contributed by atoms with E-state index in [2.05, 4.69) is 21.5 Å². The Morgan fingerprint density at radius 2 is 2.24 bits per heavy atom. The van der Waals surface area contributed by atoms with Gasteiger partial charge in [0.2, 0.25) is 0 Å². The maximum atomic E-state index is 11.6. The normalized spacial score (nSPS) is 16.2. The van der Waals surface area contributed by atoms with Crippen LogP contribution in [0.15, 0.2) is 18.3 Å². The lowest BCUT2D eigenvalue weighted by Gasteiger charge is -2.18. The summed E-state index contributed by atoms with van der Waals surface area (Å²) in [4.78, 5) is 15.8. The third-order valence-electron chi connectivity index (χ3n) is 3.81. The second kappa shape index (κ2) is 7.65. The van der Waals surface area contributed by atoms with E-state index in [1.165, 1.54) is 19.0 Å². The summed E-state index contributed by atoms with van der Waals surface area (Å²) >= 11 is 0. The number of rotatable bonds is 6. The molecule has 0 saturated heterocycles. The first-order chi connectivity index (χ1) is 10.2. The Bertz CT molecular complexity index is 501. The number of carbonyl (C=O) groups excluding carboxylic acids is 1. The zero-order valence-electron chi connectivity index (χ0n) is 12.0. The number of aromatic nitrogens is 1. The van der Waals surface area contributed by atoms with Gasteiger partial charge in [0.1, 0.15) is 5.82 Å². The molecule has 1 atom stereocenters. The molecule has 5 heteroatoms. The van der Waals surface area contributed by atoms with Gasteiger partial charge >= 0.3 is 0 Å². The summed E-state index contributed by atoms with van der Waals surface area (Å²) in [5, 5.41) is 15.8. The molecule has 1 heterocycles. The molecule has 3 N–H and O–H groups in total. The number of carbonyl (C=O) groups is 1. The van der Waals surface area contributed by atoms with Gasteiger partial charge in [-0.2, -0.15) is 0 Å². The molecule has 0 bridgehead atoms. The van der Waals surface area contributed by atoms with Crippen molar-refractivity contribution in [3.63, 3.8) is 0 Å². The van der Waals surface area contributed by atoms with E-state index in [1.54, 1.807) is 12.1 Å². The molecule has 112 valence electrons. The van der Waals surface area contributed by atoms with E-state index in [-0.39, 0.29) is 18.6 Å². The van der Waals surface area contributed by atoms with Crippen LogP contribution in [0.5, 0.6) is 0 Å². The summed E-state index contributed by atoms with van der Waals surface area (Å²) in [5.41, 5.74) is 0.465. The van der Waals surface area contributed by atoms with Crippen LogP contribution in [-0.2, 0) is 0 Å². The largest absolute Gasteiger partial charge is 0.391 e. The van der Waals surface area contributed by atoms with Gasteiger partial charge in [0.05, 0.1) is 18.2 Å². The number of amides is 1. The van der Waals surface area contributed by atoms with Crippen molar-refractivity contribution >= 4 is 11.7 Å². The lowest BCUT2D eigenvalue weighted by Crippen LogP contribution is -2.27. The van der Waals surface area contributed by atoms with Gasteiger partial charge in [-0.25, -0.2) is 4.98 Å². The number of anilines is 1. The van der Waals surface area contributed by atoms with Gasteiger partial charge in [-0.1, -0.05) is 18.8 Å². The molecule has 0 aliphatic heterocycles. The molecule has 0 spiro atoms. The van der Waals surface area contributed by atoms with Gasteiger partial charge in [-0.3, -0.25) is 4.79 Å². The summed E-state index contributed by atoms with van der Waals surface area (Å²) in [6.07, 6.45) is 10.9. The smallest absolute Gasteiger partial charge is 0.253 e. The fourth-order valence-corrected chi connectivity index (χ4v) is 2.58. The molecule has 1 aliphatic carbocycles. The predicted molar refractivity (Wildman–Crippen MR) is 81.9 cm³/mol. The first-order valence-corrected chi connectivity index (χ1v) is 7.30. The van der Waals surface area contributed by atoms with Crippen molar-refractivity contribution in [3.8, 4) is 12.3 Å². The third-order valence-corrected chi connectivity index (χ3v) is 3.81. The number of terminal acetylenes is 1. The van der Waals surface area contributed by atoms with E-state index in [0.29, 0.717) is 23.8 Å². The van der Waals surface area contributed by atoms with Crippen molar-refractivity contribution in [2.24, 2.45) is 5.92 Å². The van der Waals surface area contributed by atoms with Crippen LogP contribution in [0.4, 0.5) is 5.82 Å². The van der Waals surface area contributed by atoms with Crippen LogP contribution in [0, 0.1) is 18.3 Å². The topological polar surface area (TPSA) is 74.2 Å². The molecule has 5 nitrogen and oxygen atoms in total. The number of pyridine rings is 1. The van der Waals surface area contributed by atoms with Crippen LogP contribution >= 0.6 is 0 Å². The van der Waals surface area contributed by atoms with Crippen molar-refractivity contribution in [1.82, 2.24) is 10.3 Å². The number of nitrogens with zero attached hydrogens (tertiary/aromatic N) is 1. The monoisotopic (exact) mass is 287 g/mol. The SMILES string of the molecule is C#CCNC(=O)c1ccc(NCC(O)C2CCCC2)nc1. The van der Waals surface area contributed by atoms with Crippen LogP contribution in [0.2, 0.25) is 0 Å². The second-order valence-corrected chi connectivity index (χ2v) is 5.31. The molecule has 1 aromatic rings. The Labute approximate surface area is 125 Å². The van der Waals surface area contributed by atoms with Gasteiger partial charge in [-0.15, -0.1) is 6.42 Å². The molecule has 1 aliphatic rings. The maximum absolute atomic E-state index is 11.6. The average Bonchev–Trinajstić information content (AvgIpc) is 3.05. The van der Waals surface area contributed by atoms with Crippen LogP contribution in [0.1, 0.15) is 36.0 Å². The Balaban J connectivity index is 1.82. The molecule has 0 radical (unpaired) electrons. The minimum atomic E-state index is -0.340. The zero-order valence-corrected chi connectivity index (χ0v) is 12.0. The Morgan fingerprint density at radius 3 is 2.86 bits per heavy atom. The number of hydrogen-bond acceptors (Lipinski definition) is 4. The molecule has 1 fully saturated rings. The zero-order chi connectivity index (χ0) is 15.1. The van der Waals surface area contributed by atoms with E-state index in [9.17, 15) is 9.90 Å². The average molecular weight is 287 g/mol. The molecule has 1 unspecified atom stereocenters. The Hall–Kier alpha value is -2.06. The van der Waals surface area contributed by atoms with Crippen molar-refractivity contribution in [2.45, 2.75) is 31.8 Å². The van der Waals surface area contributed by atoms with E-state index < -0.39 is 0 Å². The standard InChI is InChI=1S/C16H21N3O2/c1-2-9-17-16(21)13-7-8-15(18-10-13)19-11-14(20)12-5-3-4-6-12/h1,7-8,10,12,14,20H,3-6,9,11H2,(H,17,21)(H,18,19). The first-order valence-electron chi connectivity index (χ1n) is 7.30.